The normalized spacial score (nSPS) is 10.5. The number of nitrogens with one attached hydrogen (secondary N) is 1. The zero-order valence-corrected chi connectivity index (χ0v) is 10.2. The zero-order chi connectivity index (χ0) is 12.4. The minimum atomic E-state index is -0.318. The molecule has 0 aliphatic carbocycles. The highest BCUT2D eigenvalue weighted by molar-refractivity contribution is 6.43. The van der Waals surface area contributed by atoms with E-state index in [1.54, 1.807) is 30.5 Å². The first-order valence-corrected chi connectivity index (χ1v) is 5.66. The Labute approximate surface area is 108 Å². The third-order valence-corrected chi connectivity index (χ3v) is 3.23. The van der Waals surface area contributed by atoms with Gasteiger partial charge in [-0.25, -0.2) is 0 Å². The molecule has 88 valence electrons. The van der Waals surface area contributed by atoms with Crippen LogP contribution in [0.4, 0.5) is 0 Å². The van der Waals surface area contributed by atoms with Gasteiger partial charge < -0.3 is 10.1 Å². The van der Waals surface area contributed by atoms with Gasteiger partial charge in [0.25, 0.3) is 5.56 Å². The van der Waals surface area contributed by atoms with E-state index < -0.39 is 0 Å². The van der Waals surface area contributed by atoms with Crippen molar-refractivity contribution < 1.29 is 5.11 Å². The molecule has 5 heteroatoms. The molecule has 2 aromatic rings. The largest absolute Gasteiger partial charge is 0.391 e. The van der Waals surface area contributed by atoms with Crippen LogP contribution in [-0.4, -0.2) is 10.1 Å². The number of aromatic amines is 1. The molecule has 2 rings (SSSR count). The molecule has 0 aliphatic heterocycles. The molecule has 3 nitrogen and oxygen atoms in total. The summed E-state index contributed by atoms with van der Waals surface area (Å²) in [4.78, 5) is 13.9. The molecule has 0 bridgehead atoms. The molecule has 0 amide bonds. The van der Waals surface area contributed by atoms with E-state index in [0.29, 0.717) is 26.7 Å². The van der Waals surface area contributed by atoms with E-state index in [-0.39, 0.29) is 12.2 Å². The van der Waals surface area contributed by atoms with Gasteiger partial charge in [0.15, 0.2) is 0 Å². The van der Waals surface area contributed by atoms with Gasteiger partial charge in [-0.15, -0.1) is 0 Å². The van der Waals surface area contributed by atoms with E-state index in [2.05, 4.69) is 4.98 Å². The maximum absolute atomic E-state index is 11.3. The maximum atomic E-state index is 11.3. The summed E-state index contributed by atoms with van der Waals surface area (Å²) in [6.45, 7) is -0.318. The number of hydrogen-bond donors (Lipinski definition) is 2. The Morgan fingerprint density at radius 3 is 2.76 bits per heavy atom. The molecule has 0 saturated carbocycles. The average molecular weight is 270 g/mol. The molecule has 0 fully saturated rings. The van der Waals surface area contributed by atoms with Crippen molar-refractivity contribution in [3.63, 3.8) is 0 Å². The minimum Gasteiger partial charge on any atom is -0.391 e. The number of pyridine rings is 1. The second-order valence-electron chi connectivity index (χ2n) is 3.50. The van der Waals surface area contributed by atoms with Gasteiger partial charge in [0, 0.05) is 17.3 Å². The molecular formula is C12H9Cl2NO2. The quantitative estimate of drug-likeness (QED) is 0.881. The Bertz CT molecular complexity index is 608. The highest BCUT2D eigenvalue weighted by Gasteiger charge is 2.08. The summed E-state index contributed by atoms with van der Waals surface area (Å²) in [7, 11) is 0. The predicted octanol–water partition coefficient (Wildman–Crippen LogP) is 2.84. The number of H-pyrrole nitrogens is 1. The average Bonchev–Trinajstić information content (AvgIpc) is 2.34. The third-order valence-electron chi connectivity index (χ3n) is 2.41. The SMILES string of the molecule is O=c1[nH]cc(-c2cccc(Cl)c2Cl)cc1CO. The van der Waals surface area contributed by atoms with Gasteiger partial charge in [-0.05, 0) is 17.7 Å². The van der Waals surface area contributed by atoms with Gasteiger partial charge in [0.05, 0.1) is 16.7 Å². The van der Waals surface area contributed by atoms with Crippen LogP contribution in [0.2, 0.25) is 10.0 Å². The molecule has 0 aliphatic rings. The molecule has 0 spiro atoms. The second kappa shape index (κ2) is 4.92. The van der Waals surface area contributed by atoms with Crippen LogP contribution in [0.3, 0.4) is 0 Å². The van der Waals surface area contributed by atoms with Crippen LogP contribution in [-0.2, 0) is 6.61 Å². The van der Waals surface area contributed by atoms with Crippen molar-refractivity contribution in [2.75, 3.05) is 0 Å². The summed E-state index contributed by atoms with van der Waals surface area (Å²) in [6.07, 6.45) is 1.54. The van der Waals surface area contributed by atoms with Crippen LogP contribution in [0.1, 0.15) is 5.56 Å². The number of aliphatic hydroxyl groups excluding tert-OH is 1. The van der Waals surface area contributed by atoms with Crippen molar-refractivity contribution in [2.24, 2.45) is 0 Å². The molecule has 2 N–H and O–H groups in total. The first-order valence-electron chi connectivity index (χ1n) is 4.90. The van der Waals surface area contributed by atoms with Crippen LogP contribution < -0.4 is 5.56 Å². The Hall–Kier alpha value is -1.29. The van der Waals surface area contributed by atoms with Crippen LogP contribution in [0.5, 0.6) is 0 Å². The highest BCUT2D eigenvalue weighted by atomic mass is 35.5. The van der Waals surface area contributed by atoms with Gasteiger partial charge in [-0.3, -0.25) is 4.79 Å². The first kappa shape index (κ1) is 12.2. The fraction of sp³-hybridized carbons (Fsp3) is 0.0833. The maximum Gasteiger partial charge on any atom is 0.253 e. The van der Waals surface area contributed by atoms with Crippen molar-refractivity contribution >= 4 is 23.2 Å². The summed E-state index contributed by atoms with van der Waals surface area (Å²) in [5, 5.41) is 9.90. The summed E-state index contributed by atoms with van der Waals surface area (Å²) in [6, 6.07) is 6.85. The lowest BCUT2D eigenvalue weighted by molar-refractivity contribution is 0.280. The van der Waals surface area contributed by atoms with Crippen LogP contribution >= 0.6 is 23.2 Å². The topological polar surface area (TPSA) is 53.1 Å². The van der Waals surface area contributed by atoms with E-state index in [0.717, 1.165) is 0 Å². The Balaban J connectivity index is 2.61. The fourth-order valence-electron chi connectivity index (χ4n) is 1.53. The summed E-state index contributed by atoms with van der Waals surface area (Å²) < 4.78 is 0. The lowest BCUT2D eigenvalue weighted by atomic mass is 10.1. The van der Waals surface area contributed by atoms with Crippen molar-refractivity contribution in [1.29, 1.82) is 0 Å². The number of hydrogen-bond acceptors (Lipinski definition) is 2. The number of benzene rings is 1. The van der Waals surface area contributed by atoms with Gasteiger partial charge >= 0.3 is 0 Å². The highest BCUT2D eigenvalue weighted by Crippen LogP contribution is 2.32. The summed E-state index contributed by atoms with van der Waals surface area (Å²) in [5.74, 6) is 0. The van der Waals surface area contributed by atoms with E-state index in [1.165, 1.54) is 0 Å². The van der Waals surface area contributed by atoms with Crippen LogP contribution in [0.15, 0.2) is 35.3 Å². The Kier molecular flexibility index (Phi) is 3.52. The molecule has 1 heterocycles. The molecule has 0 radical (unpaired) electrons. The molecule has 0 unspecified atom stereocenters. The molecule has 1 aromatic carbocycles. The van der Waals surface area contributed by atoms with Crippen molar-refractivity contribution in [2.45, 2.75) is 6.61 Å². The molecular weight excluding hydrogens is 261 g/mol. The van der Waals surface area contributed by atoms with Crippen LogP contribution in [0, 0.1) is 0 Å². The van der Waals surface area contributed by atoms with Gasteiger partial charge in [-0.2, -0.15) is 0 Å². The van der Waals surface area contributed by atoms with Gasteiger partial charge in [-0.1, -0.05) is 35.3 Å². The number of aliphatic hydroxyl groups is 1. The fourth-order valence-corrected chi connectivity index (χ4v) is 1.94. The van der Waals surface area contributed by atoms with Crippen LogP contribution in [0.25, 0.3) is 11.1 Å². The van der Waals surface area contributed by atoms with Crippen molar-refractivity contribution in [3.05, 3.63) is 56.4 Å². The Morgan fingerprint density at radius 2 is 2.06 bits per heavy atom. The number of aromatic nitrogens is 1. The molecule has 1 aromatic heterocycles. The van der Waals surface area contributed by atoms with Gasteiger partial charge in [0.1, 0.15) is 0 Å². The summed E-state index contributed by atoms with van der Waals surface area (Å²) in [5.41, 5.74) is 1.40. The summed E-state index contributed by atoms with van der Waals surface area (Å²) >= 11 is 12.0. The molecule has 0 saturated heterocycles. The van der Waals surface area contributed by atoms with E-state index in [4.69, 9.17) is 28.3 Å². The van der Waals surface area contributed by atoms with E-state index in [9.17, 15) is 4.79 Å². The van der Waals surface area contributed by atoms with Crippen molar-refractivity contribution in [1.82, 2.24) is 4.98 Å². The minimum absolute atomic E-state index is 0.290. The Morgan fingerprint density at radius 1 is 1.29 bits per heavy atom. The lowest BCUT2D eigenvalue weighted by Gasteiger charge is -2.06. The van der Waals surface area contributed by atoms with E-state index >= 15 is 0 Å². The predicted molar refractivity (Wildman–Crippen MR) is 68.4 cm³/mol. The monoisotopic (exact) mass is 269 g/mol. The second-order valence-corrected chi connectivity index (χ2v) is 4.29. The lowest BCUT2D eigenvalue weighted by Crippen LogP contribution is -2.11. The molecule has 17 heavy (non-hydrogen) atoms. The third kappa shape index (κ3) is 2.36. The standard InChI is InChI=1S/C12H9Cl2NO2/c13-10-3-1-2-9(11(10)14)7-4-8(6-16)12(17)15-5-7/h1-5,16H,6H2,(H,15,17). The van der Waals surface area contributed by atoms with Gasteiger partial charge in [0.2, 0.25) is 0 Å². The molecule has 0 atom stereocenters. The zero-order valence-electron chi connectivity index (χ0n) is 8.71. The van der Waals surface area contributed by atoms with Crippen molar-refractivity contribution in [3.8, 4) is 11.1 Å². The van der Waals surface area contributed by atoms with E-state index in [1.807, 2.05) is 0 Å². The first-order chi connectivity index (χ1) is 8.13. The number of halogens is 2. The smallest absolute Gasteiger partial charge is 0.253 e. The number of rotatable bonds is 2.